The molecule has 130 valence electrons. The summed E-state index contributed by atoms with van der Waals surface area (Å²) in [5.41, 5.74) is 2.86. The van der Waals surface area contributed by atoms with Crippen molar-refractivity contribution < 1.29 is 13.9 Å². The molecule has 2 aliphatic heterocycles. The minimum Gasteiger partial charge on any atom is -0.364 e. The van der Waals surface area contributed by atoms with Crippen LogP contribution < -0.4 is 0 Å². The monoisotopic (exact) mass is 339 g/mol. The van der Waals surface area contributed by atoms with Crippen LogP contribution in [-0.2, 0) is 9.53 Å². The quantitative estimate of drug-likeness (QED) is 0.773. The summed E-state index contributed by atoms with van der Waals surface area (Å²) in [6, 6.07) is 5.97. The largest absolute Gasteiger partial charge is 0.364 e. The van der Waals surface area contributed by atoms with E-state index in [1.54, 1.807) is 18.2 Å². The van der Waals surface area contributed by atoms with Gasteiger partial charge in [-0.05, 0) is 35.3 Å². The summed E-state index contributed by atoms with van der Waals surface area (Å²) in [5, 5.41) is 0. The molecule has 0 bridgehead atoms. The summed E-state index contributed by atoms with van der Waals surface area (Å²) in [5.74, 6) is -0.340. The van der Waals surface area contributed by atoms with Crippen LogP contribution in [0.15, 0.2) is 72.9 Å². The van der Waals surface area contributed by atoms with E-state index in [1.807, 2.05) is 23.1 Å². The number of nitrogens with zero attached hydrogens (tertiary/aromatic N) is 1. The van der Waals surface area contributed by atoms with Gasteiger partial charge in [-0.1, -0.05) is 49.6 Å². The first-order chi connectivity index (χ1) is 12.2. The summed E-state index contributed by atoms with van der Waals surface area (Å²) < 4.78 is 19.0. The van der Waals surface area contributed by atoms with Crippen LogP contribution in [0.4, 0.5) is 4.39 Å². The topological polar surface area (TPSA) is 29.5 Å². The lowest BCUT2D eigenvalue weighted by Gasteiger charge is -2.40. The first-order valence-electron chi connectivity index (χ1n) is 8.46. The normalized spacial score (nSPS) is 23.5. The lowest BCUT2D eigenvalue weighted by Crippen LogP contribution is -2.46. The third kappa shape index (κ3) is 3.49. The number of amides is 1. The van der Waals surface area contributed by atoms with Gasteiger partial charge in [0.15, 0.2) is 0 Å². The maximum absolute atomic E-state index is 13.4. The Morgan fingerprint density at radius 2 is 1.96 bits per heavy atom. The van der Waals surface area contributed by atoms with E-state index < -0.39 is 6.10 Å². The van der Waals surface area contributed by atoms with Crippen molar-refractivity contribution in [2.75, 3.05) is 13.2 Å². The van der Waals surface area contributed by atoms with E-state index in [1.165, 1.54) is 12.1 Å². The van der Waals surface area contributed by atoms with Crippen molar-refractivity contribution in [2.45, 2.75) is 25.0 Å². The fourth-order valence-corrected chi connectivity index (χ4v) is 3.45. The molecule has 1 aromatic rings. The van der Waals surface area contributed by atoms with Crippen LogP contribution in [-0.4, -0.2) is 30.1 Å². The number of hydrogen-bond acceptors (Lipinski definition) is 2. The highest BCUT2D eigenvalue weighted by Crippen LogP contribution is 2.37. The van der Waals surface area contributed by atoms with Crippen LogP contribution in [0.25, 0.3) is 0 Å². The Morgan fingerprint density at radius 3 is 2.56 bits per heavy atom. The third-order valence-corrected chi connectivity index (χ3v) is 4.72. The summed E-state index contributed by atoms with van der Waals surface area (Å²) >= 11 is 0. The fourth-order valence-electron chi connectivity index (χ4n) is 3.45. The Bertz CT molecular complexity index is 733. The lowest BCUT2D eigenvalue weighted by atomic mass is 9.87. The fraction of sp³-hybridized carbons (Fsp3) is 0.286. The standard InChI is InChI=1S/C21H22FNO2/c1-3-15-12-13-23(21(24)19-7-5-6-14-25-19)20(18(15)4-2)16-8-10-17(22)11-9-16/h3-6,8-11,19-20H,1-2,7,12-14H2/t19-,20+/m1/s1. The zero-order chi connectivity index (χ0) is 17.8. The van der Waals surface area contributed by atoms with Gasteiger partial charge in [0.1, 0.15) is 11.9 Å². The molecular formula is C21H22FNO2. The van der Waals surface area contributed by atoms with Crippen LogP contribution in [0.5, 0.6) is 0 Å². The molecule has 0 N–H and O–H groups in total. The summed E-state index contributed by atoms with van der Waals surface area (Å²) in [6.07, 6.45) is 8.31. The van der Waals surface area contributed by atoms with Gasteiger partial charge >= 0.3 is 0 Å². The summed E-state index contributed by atoms with van der Waals surface area (Å²) in [4.78, 5) is 14.9. The second-order valence-electron chi connectivity index (χ2n) is 6.15. The summed E-state index contributed by atoms with van der Waals surface area (Å²) in [6.45, 7) is 8.83. The van der Waals surface area contributed by atoms with Gasteiger partial charge in [0.05, 0.1) is 12.6 Å². The molecule has 0 aromatic heterocycles. The Labute approximate surface area is 147 Å². The second-order valence-corrected chi connectivity index (χ2v) is 6.15. The number of rotatable bonds is 4. The number of ether oxygens (including phenoxy) is 1. The number of carbonyl (C=O) groups is 1. The molecule has 1 amide bonds. The van der Waals surface area contributed by atoms with Crippen molar-refractivity contribution >= 4 is 5.91 Å². The Kier molecular flexibility index (Phi) is 5.29. The van der Waals surface area contributed by atoms with Crippen molar-refractivity contribution in [1.82, 2.24) is 4.90 Å². The van der Waals surface area contributed by atoms with Gasteiger partial charge in [0.2, 0.25) is 0 Å². The van der Waals surface area contributed by atoms with Gasteiger partial charge < -0.3 is 9.64 Å². The van der Waals surface area contributed by atoms with E-state index in [0.717, 1.165) is 23.1 Å². The van der Waals surface area contributed by atoms with E-state index >= 15 is 0 Å². The number of halogens is 1. The summed E-state index contributed by atoms with van der Waals surface area (Å²) in [7, 11) is 0. The third-order valence-electron chi connectivity index (χ3n) is 4.72. The number of allylic oxidation sites excluding steroid dienone is 1. The molecule has 25 heavy (non-hydrogen) atoms. The molecule has 3 nitrogen and oxygen atoms in total. The maximum Gasteiger partial charge on any atom is 0.252 e. The lowest BCUT2D eigenvalue weighted by molar-refractivity contribution is -0.145. The van der Waals surface area contributed by atoms with Crippen LogP contribution in [0, 0.1) is 5.82 Å². The van der Waals surface area contributed by atoms with Gasteiger partial charge in [-0.2, -0.15) is 0 Å². The van der Waals surface area contributed by atoms with E-state index in [4.69, 9.17) is 4.74 Å². The Balaban J connectivity index is 2.01. The molecule has 0 unspecified atom stereocenters. The number of benzene rings is 1. The van der Waals surface area contributed by atoms with Gasteiger partial charge in [0.25, 0.3) is 5.91 Å². The molecule has 1 aromatic carbocycles. The van der Waals surface area contributed by atoms with E-state index in [9.17, 15) is 9.18 Å². The predicted octanol–water partition coefficient (Wildman–Crippen LogP) is 4.11. The molecule has 0 fully saturated rings. The highest BCUT2D eigenvalue weighted by molar-refractivity contribution is 5.82. The van der Waals surface area contributed by atoms with E-state index in [-0.39, 0.29) is 17.8 Å². The highest BCUT2D eigenvalue weighted by Gasteiger charge is 2.35. The minimum absolute atomic E-state index is 0.0406. The second kappa shape index (κ2) is 7.62. The molecule has 3 rings (SSSR count). The van der Waals surface area contributed by atoms with Crippen LogP contribution >= 0.6 is 0 Å². The molecule has 2 heterocycles. The Morgan fingerprint density at radius 1 is 1.20 bits per heavy atom. The minimum atomic E-state index is -0.468. The average molecular weight is 339 g/mol. The maximum atomic E-state index is 13.4. The molecule has 0 saturated heterocycles. The predicted molar refractivity (Wildman–Crippen MR) is 96.4 cm³/mol. The zero-order valence-electron chi connectivity index (χ0n) is 14.2. The SMILES string of the molecule is C=CC1=C(C=C)[C@H](c2ccc(F)cc2)N(C(=O)[C@H]2CC=CCO2)CC1. The molecule has 0 radical (unpaired) electrons. The Hall–Kier alpha value is -2.46. The smallest absolute Gasteiger partial charge is 0.252 e. The van der Waals surface area contributed by atoms with Crippen LogP contribution in [0.2, 0.25) is 0 Å². The van der Waals surface area contributed by atoms with E-state index in [2.05, 4.69) is 13.2 Å². The number of carbonyl (C=O) groups excluding carboxylic acids is 1. The molecule has 4 heteroatoms. The first kappa shape index (κ1) is 17.4. The van der Waals surface area contributed by atoms with Crippen LogP contribution in [0.1, 0.15) is 24.4 Å². The van der Waals surface area contributed by atoms with E-state index in [0.29, 0.717) is 19.6 Å². The molecular weight excluding hydrogens is 317 g/mol. The average Bonchev–Trinajstić information content (AvgIpc) is 2.67. The van der Waals surface area contributed by atoms with Crippen molar-refractivity contribution in [3.05, 3.63) is 84.3 Å². The molecule has 2 atom stereocenters. The van der Waals surface area contributed by atoms with Crippen molar-refractivity contribution in [1.29, 1.82) is 0 Å². The zero-order valence-corrected chi connectivity index (χ0v) is 14.2. The van der Waals surface area contributed by atoms with Gasteiger partial charge in [0, 0.05) is 13.0 Å². The van der Waals surface area contributed by atoms with Crippen molar-refractivity contribution in [2.24, 2.45) is 0 Å². The van der Waals surface area contributed by atoms with Gasteiger partial charge in [-0.25, -0.2) is 4.39 Å². The van der Waals surface area contributed by atoms with Gasteiger partial charge in [-0.3, -0.25) is 4.79 Å². The van der Waals surface area contributed by atoms with Crippen molar-refractivity contribution in [3.8, 4) is 0 Å². The van der Waals surface area contributed by atoms with Crippen LogP contribution in [0.3, 0.4) is 0 Å². The van der Waals surface area contributed by atoms with Gasteiger partial charge in [-0.15, -0.1) is 0 Å². The first-order valence-corrected chi connectivity index (χ1v) is 8.46. The molecule has 0 saturated carbocycles. The molecule has 2 aliphatic rings. The molecule has 0 aliphatic carbocycles. The number of hydrogen-bond donors (Lipinski definition) is 0. The molecule has 0 spiro atoms. The highest BCUT2D eigenvalue weighted by atomic mass is 19.1. The van der Waals surface area contributed by atoms with Crippen molar-refractivity contribution in [3.63, 3.8) is 0 Å².